The van der Waals surface area contributed by atoms with E-state index in [0.29, 0.717) is 4.83 Å². The molecule has 0 aromatic heterocycles. The van der Waals surface area contributed by atoms with Gasteiger partial charge in [0.25, 0.3) is 0 Å². The maximum atomic E-state index is 3.66. The molecule has 118 valence electrons. The molecule has 0 radical (unpaired) electrons. The van der Waals surface area contributed by atoms with Gasteiger partial charge in [-0.3, -0.25) is 0 Å². The van der Waals surface area contributed by atoms with Gasteiger partial charge in [0.15, 0.2) is 0 Å². The minimum absolute atomic E-state index is 0.639. The number of allylic oxidation sites excluding steroid dienone is 2. The number of rotatable bonds is 13. The van der Waals surface area contributed by atoms with Crippen LogP contribution in [0, 0.1) is 0 Å². The van der Waals surface area contributed by atoms with Gasteiger partial charge in [0.05, 0.1) is 0 Å². The zero-order valence-electron chi connectivity index (χ0n) is 13.3. The van der Waals surface area contributed by atoms with Crippen LogP contribution in [0.15, 0.2) is 11.0 Å². The fraction of sp³-hybridized carbons (Fsp3) is 0.889. The Bertz CT molecular complexity index is 250. The van der Waals surface area contributed by atoms with Crippen LogP contribution in [0.5, 0.6) is 0 Å². The van der Waals surface area contributed by atoms with Crippen LogP contribution in [0.3, 0.4) is 0 Å². The largest absolute Gasteiger partial charge is 0.129 e. The Hall–Kier alpha value is 0.570. The number of halogens is 1. The molecule has 0 amide bonds. The molecule has 0 bridgehead atoms. The first kappa shape index (κ1) is 18.6. The Morgan fingerprint density at radius 3 is 1.85 bits per heavy atom. The number of unbranched alkanes of at least 4 members (excludes halogenated alkanes) is 11. The normalized spacial score (nSPS) is 18.5. The molecule has 20 heavy (non-hydrogen) atoms. The van der Waals surface area contributed by atoms with Gasteiger partial charge in [-0.25, -0.2) is 0 Å². The van der Waals surface area contributed by atoms with Gasteiger partial charge in [-0.15, -0.1) is 11.8 Å². The van der Waals surface area contributed by atoms with Crippen molar-refractivity contribution in [1.82, 2.24) is 0 Å². The van der Waals surface area contributed by atoms with Crippen LogP contribution < -0.4 is 0 Å². The molecule has 0 nitrogen and oxygen atoms in total. The molecule has 0 aliphatic carbocycles. The molecule has 1 rings (SSSR count). The highest BCUT2D eigenvalue weighted by molar-refractivity contribution is 9.09. The van der Waals surface area contributed by atoms with E-state index in [4.69, 9.17) is 0 Å². The lowest BCUT2D eigenvalue weighted by molar-refractivity contribution is 0.544. The smallest absolute Gasteiger partial charge is 0.0429 e. The van der Waals surface area contributed by atoms with Gasteiger partial charge in [0.1, 0.15) is 0 Å². The molecule has 0 fully saturated rings. The Labute approximate surface area is 139 Å². The van der Waals surface area contributed by atoms with E-state index in [9.17, 15) is 0 Å². The zero-order chi connectivity index (χ0) is 14.5. The summed E-state index contributed by atoms with van der Waals surface area (Å²) in [5, 5.41) is 0. The number of thioether (sulfide) groups is 1. The minimum atomic E-state index is 0.639. The van der Waals surface area contributed by atoms with Crippen molar-refractivity contribution >= 4 is 27.7 Å². The molecule has 0 N–H and O–H groups in total. The lowest BCUT2D eigenvalue weighted by Crippen LogP contribution is -1.86. The molecule has 0 aromatic carbocycles. The molecular weight excluding hydrogens is 328 g/mol. The first-order chi connectivity index (χ1) is 9.83. The summed E-state index contributed by atoms with van der Waals surface area (Å²) in [7, 11) is 0. The second kappa shape index (κ2) is 13.2. The van der Waals surface area contributed by atoms with Gasteiger partial charge in [0, 0.05) is 10.6 Å². The van der Waals surface area contributed by atoms with E-state index >= 15 is 0 Å². The monoisotopic (exact) mass is 360 g/mol. The van der Waals surface area contributed by atoms with Crippen LogP contribution in [-0.4, -0.2) is 10.6 Å². The van der Waals surface area contributed by atoms with E-state index in [1.807, 2.05) is 11.8 Å². The third-order valence-corrected chi connectivity index (χ3v) is 6.32. The maximum Gasteiger partial charge on any atom is 0.0429 e. The summed E-state index contributed by atoms with van der Waals surface area (Å²) in [5.74, 6) is 1.24. The molecule has 0 saturated heterocycles. The summed E-state index contributed by atoms with van der Waals surface area (Å²) in [6, 6.07) is 0. The van der Waals surface area contributed by atoms with Crippen molar-refractivity contribution < 1.29 is 0 Å². The lowest BCUT2D eigenvalue weighted by atomic mass is 10.0. The van der Waals surface area contributed by atoms with E-state index in [1.54, 1.807) is 4.91 Å². The van der Waals surface area contributed by atoms with Crippen LogP contribution in [0.2, 0.25) is 0 Å². The van der Waals surface area contributed by atoms with Gasteiger partial charge in [-0.2, -0.15) is 0 Å². The third kappa shape index (κ3) is 10.3. The topological polar surface area (TPSA) is 0 Å². The average molecular weight is 361 g/mol. The Morgan fingerprint density at radius 1 is 0.900 bits per heavy atom. The molecule has 2 heteroatoms. The van der Waals surface area contributed by atoms with Crippen molar-refractivity contribution in [2.75, 3.05) is 5.75 Å². The van der Waals surface area contributed by atoms with Crippen molar-refractivity contribution in [2.45, 2.75) is 95.2 Å². The number of hydrogen-bond acceptors (Lipinski definition) is 1. The molecule has 0 aromatic rings. The maximum absolute atomic E-state index is 3.66. The molecule has 1 unspecified atom stereocenters. The van der Waals surface area contributed by atoms with Crippen molar-refractivity contribution in [1.29, 1.82) is 0 Å². The average Bonchev–Trinajstić information content (AvgIpc) is 2.86. The van der Waals surface area contributed by atoms with Gasteiger partial charge in [-0.05, 0) is 17.7 Å². The van der Waals surface area contributed by atoms with Gasteiger partial charge in [-0.1, -0.05) is 99.6 Å². The third-order valence-electron chi connectivity index (χ3n) is 4.07. The van der Waals surface area contributed by atoms with Gasteiger partial charge < -0.3 is 0 Å². The predicted octanol–water partition coefficient (Wildman–Crippen LogP) is 7.47. The van der Waals surface area contributed by atoms with E-state index in [2.05, 4.69) is 28.9 Å². The van der Waals surface area contributed by atoms with Gasteiger partial charge >= 0.3 is 0 Å². The minimum Gasteiger partial charge on any atom is -0.129 e. The number of hydrogen-bond donors (Lipinski definition) is 0. The lowest BCUT2D eigenvalue weighted by Gasteiger charge is -2.03. The van der Waals surface area contributed by atoms with Crippen molar-refractivity contribution in [2.24, 2.45) is 0 Å². The summed E-state index contributed by atoms with van der Waals surface area (Å²) in [6.07, 6.45) is 21.1. The van der Waals surface area contributed by atoms with E-state index in [-0.39, 0.29) is 0 Å². The fourth-order valence-corrected chi connectivity index (χ4v) is 4.69. The van der Waals surface area contributed by atoms with Crippen molar-refractivity contribution in [3.8, 4) is 0 Å². The summed E-state index contributed by atoms with van der Waals surface area (Å²) in [4.78, 5) is 2.26. The molecule has 1 aliphatic rings. The molecule has 1 atom stereocenters. The van der Waals surface area contributed by atoms with Gasteiger partial charge in [0.2, 0.25) is 0 Å². The van der Waals surface area contributed by atoms with Crippen LogP contribution in [0.1, 0.15) is 90.4 Å². The predicted molar refractivity (Wildman–Crippen MR) is 99.0 cm³/mol. The Balaban J connectivity index is 1.73. The highest BCUT2D eigenvalue weighted by Gasteiger charge is 2.12. The Kier molecular flexibility index (Phi) is 12.3. The summed E-state index contributed by atoms with van der Waals surface area (Å²) >= 11 is 5.71. The SMILES string of the molecule is CCCCCCCCCCCCCCC1=CC(Br)CS1. The Morgan fingerprint density at radius 2 is 1.40 bits per heavy atom. The first-order valence-corrected chi connectivity index (χ1v) is 10.7. The second-order valence-corrected chi connectivity index (χ2v) is 8.42. The quantitative estimate of drug-likeness (QED) is 0.242. The first-order valence-electron chi connectivity index (χ1n) is 8.80. The van der Waals surface area contributed by atoms with Crippen molar-refractivity contribution in [3.05, 3.63) is 11.0 Å². The van der Waals surface area contributed by atoms with Crippen molar-refractivity contribution in [3.63, 3.8) is 0 Å². The second-order valence-electron chi connectivity index (χ2n) is 6.10. The van der Waals surface area contributed by atoms with E-state index in [1.165, 1.54) is 89.2 Å². The molecule has 0 spiro atoms. The summed E-state index contributed by atoms with van der Waals surface area (Å²) in [5.41, 5.74) is 0. The molecular formula is C18H33BrS. The molecule has 1 aliphatic heterocycles. The summed E-state index contributed by atoms with van der Waals surface area (Å²) < 4.78 is 0. The van der Waals surface area contributed by atoms with Crippen LogP contribution >= 0.6 is 27.7 Å². The zero-order valence-corrected chi connectivity index (χ0v) is 15.7. The molecule has 1 heterocycles. The summed E-state index contributed by atoms with van der Waals surface area (Å²) in [6.45, 7) is 2.29. The van der Waals surface area contributed by atoms with E-state index in [0.717, 1.165) is 0 Å². The van der Waals surface area contributed by atoms with Crippen LogP contribution in [0.25, 0.3) is 0 Å². The standard InChI is InChI=1S/C18H33BrS/c1-2-3-4-5-6-7-8-9-10-11-12-13-14-18-15-17(19)16-20-18/h15,17H,2-14,16H2,1H3. The van der Waals surface area contributed by atoms with Crippen LogP contribution in [-0.2, 0) is 0 Å². The number of alkyl halides is 1. The highest BCUT2D eigenvalue weighted by Crippen LogP contribution is 2.32. The highest BCUT2D eigenvalue weighted by atomic mass is 79.9. The van der Waals surface area contributed by atoms with E-state index < -0.39 is 0 Å². The van der Waals surface area contributed by atoms with Crippen LogP contribution in [0.4, 0.5) is 0 Å². The molecule has 0 saturated carbocycles. The fourth-order valence-electron chi connectivity index (χ4n) is 2.78.